The monoisotopic (exact) mass is 295 g/mol. The van der Waals surface area contributed by atoms with Gasteiger partial charge in [-0.05, 0) is 24.3 Å². The molecule has 19 heavy (non-hydrogen) atoms. The van der Waals surface area contributed by atoms with Gasteiger partial charge in [0.2, 0.25) is 0 Å². The number of nitrogens with two attached hydrogens (primary N) is 1. The van der Waals surface area contributed by atoms with Crippen molar-refractivity contribution in [3.8, 4) is 0 Å². The first-order valence-electron chi connectivity index (χ1n) is 5.29. The van der Waals surface area contributed by atoms with Crippen LogP contribution in [0.25, 0.3) is 0 Å². The Bertz CT molecular complexity index is 622. The van der Waals surface area contributed by atoms with E-state index in [9.17, 15) is 10.1 Å². The molecule has 0 atom stereocenters. The van der Waals surface area contributed by atoms with Crippen molar-refractivity contribution < 1.29 is 4.92 Å². The predicted octanol–water partition coefficient (Wildman–Crippen LogP) is 3.69. The number of anilines is 1. The van der Waals surface area contributed by atoms with E-state index in [1.165, 1.54) is 17.8 Å². The summed E-state index contributed by atoms with van der Waals surface area (Å²) in [6.45, 7) is 0. The number of halogens is 1. The van der Waals surface area contributed by atoms with Crippen LogP contribution in [-0.4, -0.2) is 4.92 Å². The highest BCUT2D eigenvalue weighted by Crippen LogP contribution is 2.39. The topological polar surface area (TPSA) is 81.2 Å². The van der Waals surface area contributed by atoms with Crippen LogP contribution in [-0.2, 0) is 0 Å². The molecule has 2 aromatic carbocycles. The van der Waals surface area contributed by atoms with Crippen LogP contribution < -0.4 is 11.3 Å². The lowest BCUT2D eigenvalue weighted by Gasteiger charge is -2.09. The number of hydrogen-bond acceptors (Lipinski definition) is 5. The van der Waals surface area contributed by atoms with Crippen molar-refractivity contribution in [2.45, 2.75) is 9.79 Å². The fraction of sp³-hybridized carbons (Fsp3) is 0. The largest absolute Gasteiger partial charge is 0.323 e. The first-order chi connectivity index (χ1) is 9.11. The molecule has 0 aliphatic rings. The first-order valence-corrected chi connectivity index (χ1v) is 6.48. The average Bonchev–Trinajstić information content (AvgIpc) is 2.39. The molecule has 0 unspecified atom stereocenters. The Morgan fingerprint density at radius 3 is 2.63 bits per heavy atom. The number of hydrazine groups is 1. The normalized spacial score (nSPS) is 10.2. The minimum absolute atomic E-state index is 0.0513. The molecule has 0 bridgehead atoms. The first kappa shape index (κ1) is 13.7. The molecular weight excluding hydrogens is 286 g/mol. The minimum Gasteiger partial charge on any atom is -0.323 e. The van der Waals surface area contributed by atoms with Crippen molar-refractivity contribution in [1.29, 1.82) is 0 Å². The summed E-state index contributed by atoms with van der Waals surface area (Å²) in [7, 11) is 0. The molecule has 0 aliphatic carbocycles. The lowest BCUT2D eigenvalue weighted by Crippen LogP contribution is -2.07. The Morgan fingerprint density at radius 1 is 1.21 bits per heavy atom. The summed E-state index contributed by atoms with van der Waals surface area (Å²) in [5.74, 6) is 5.41. The third kappa shape index (κ3) is 3.17. The van der Waals surface area contributed by atoms with Crippen LogP contribution in [0.5, 0.6) is 0 Å². The maximum Gasteiger partial charge on any atom is 0.283 e. The van der Waals surface area contributed by atoms with Gasteiger partial charge in [0.15, 0.2) is 0 Å². The van der Waals surface area contributed by atoms with Gasteiger partial charge in [-0.15, -0.1) is 0 Å². The quantitative estimate of drug-likeness (QED) is 0.511. The van der Waals surface area contributed by atoms with Crippen molar-refractivity contribution in [3.05, 3.63) is 57.6 Å². The molecule has 0 fully saturated rings. The second-order valence-corrected chi connectivity index (χ2v) is 5.13. The Hall–Kier alpha value is -1.76. The van der Waals surface area contributed by atoms with Crippen LogP contribution >= 0.6 is 23.4 Å². The van der Waals surface area contributed by atoms with Crippen LogP contribution in [0.1, 0.15) is 0 Å². The van der Waals surface area contributed by atoms with Gasteiger partial charge in [0.05, 0.1) is 15.5 Å². The third-order valence-electron chi connectivity index (χ3n) is 2.38. The third-order valence-corrected chi connectivity index (χ3v) is 3.74. The van der Waals surface area contributed by atoms with Crippen LogP contribution in [0, 0.1) is 10.1 Å². The minimum atomic E-state index is -0.414. The van der Waals surface area contributed by atoms with E-state index < -0.39 is 4.92 Å². The van der Waals surface area contributed by atoms with Gasteiger partial charge in [0, 0.05) is 16.0 Å². The smallest absolute Gasteiger partial charge is 0.283 e. The number of nitro benzene ring substituents is 1. The van der Waals surface area contributed by atoms with E-state index in [4.69, 9.17) is 17.4 Å². The SMILES string of the molecule is NNc1ccc(Cl)cc1Sc1ccccc1[N+](=O)[O-]. The number of rotatable bonds is 4. The zero-order valence-electron chi connectivity index (χ0n) is 9.67. The number of para-hydroxylation sites is 1. The number of nitro groups is 1. The highest BCUT2D eigenvalue weighted by atomic mass is 35.5. The average molecular weight is 296 g/mol. The molecule has 0 radical (unpaired) electrons. The molecular formula is C12H10ClN3O2S. The van der Waals surface area contributed by atoms with E-state index in [2.05, 4.69) is 5.43 Å². The van der Waals surface area contributed by atoms with E-state index in [-0.39, 0.29) is 5.69 Å². The number of nitrogens with zero attached hydrogens (tertiary/aromatic N) is 1. The summed E-state index contributed by atoms with van der Waals surface area (Å²) in [4.78, 5) is 11.8. The Balaban J connectivity index is 2.41. The molecule has 0 aromatic heterocycles. The van der Waals surface area contributed by atoms with Gasteiger partial charge in [0.25, 0.3) is 5.69 Å². The molecule has 98 valence electrons. The van der Waals surface area contributed by atoms with Crippen molar-refractivity contribution in [3.63, 3.8) is 0 Å². The zero-order valence-corrected chi connectivity index (χ0v) is 11.2. The van der Waals surface area contributed by atoms with E-state index in [0.29, 0.717) is 15.6 Å². The van der Waals surface area contributed by atoms with Gasteiger partial charge >= 0.3 is 0 Å². The molecule has 2 aromatic rings. The fourth-order valence-electron chi connectivity index (χ4n) is 1.51. The van der Waals surface area contributed by atoms with E-state index in [1.807, 2.05) is 0 Å². The molecule has 0 saturated carbocycles. The number of benzene rings is 2. The Labute approximate surface area is 118 Å². The predicted molar refractivity (Wildman–Crippen MR) is 76.5 cm³/mol. The summed E-state index contributed by atoms with van der Waals surface area (Å²) in [6, 6.07) is 11.6. The van der Waals surface area contributed by atoms with Gasteiger partial charge in [-0.3, -0.25) is 16.0 Å². The Morgan fingerprint density at radius 2 is 1.95 bits per heavy atom. The summed E-state index contributed by atoms with van der Waals surface area (Å²) in [5.41, 5.74) is 3.25. The van der Waals surface area contributed by atoms with Crippen molar-refractivity contribution in [2.75, 3.05) is 5.43 Å². The van der Waals surface area contributed by atoms with Crippen molar-refractivity contribution in [1.82, 2.24) is 0 Å². The second-order valence-electron chi connectivity index (χ2n) is 3.61. The standard InChI is InChI=1S/C12H10ClN3O2S/c13-8-5-6-9(15-14)12(7-8)19-11-4-2-1-3-10(11)16(17)18/h1-7,15H,14H2. The molecule has 7 heteroatoms. The van der Waals surface area contributed by atoms with Gasteiger partial charge in [0.1, 0.15) is 0 Å². The van der Waals surface area contributed by atoms with Gasteiger partial charge in [-0.25, -0.2) is 0 Å². The summed E-state index contributed by atoms with van der Waals surface area (Å²) in [6.07, 6.45) is 0. The fourth-order valence-corrected chi connectivity index (χ4v) is 2.80. The molecule has 3 N–H and O–H groups in total. The molecule has 5 nitrogen and oxygen atoms in total. The molecule has 0 heterocycles. The highest BCUT2D eigenvalue weighted by Gasteiger charge is 2.15. The Kier molecular flexibility index (Phi) is 4.26. The van der Waals surface area contributed by atoms with Crippen molar-refractivity contribution in [2.24, 2.45) is 5.84 Å². The molecule has 2 rings (SSSR count). The maximum absolute atomic E-state index is 11.0. The lowest BCUT2D eigenvalue weighted by atomic mass is 10.3. The van der Waals surface area contributed by atoms with E-state index >= 15 is 0 Å². The van der Waals surface area contributed by atoms with E-state index in [1.54, 1.807) is 36.4 Å². The maximum atomic E-state index is 11.0. The van der Waals surface area contributed by atoms with E-state index in [0.717, 1.165) is 4.90 Å². The van der Waals surface area contributed by atoms with Gasteiger partial charge < -0.3 is 5.43 Å². The summed E-state index contributed by atoms with van der Waals surface area (Å²) < 4.78 is 0. The van der Waals surface area contributed by atoms with Crippen molar-refractivity contribution >= 4 is 34.7 Å². The van der Waals surface area contributed by atoms with Gasteiger partial charge in [-0.1, -0.05) is 35.5 Å². The molecule has 0 amide bonds. The zero-order chi connectivity index (χ0) is 13.8. The number of nitrogen functional groups attached to an aromatic ring is 1. The summed E-state index contributed by atoms with van der Waals surface area (Å²) in [5, 5.41) is 11.5. The molecule has 0 saturated heterocycles. The molecule has 0 aliphatic heterocycles. The lowest BCUT2D eigenvalue weighted by molar-refractivity contribution is -0.387. The molecule has 0 spiro atoms. The van der Waals surface area contributed by atoms with Crippen LogP contribution in [0.2, 0.25) is 5.02 Å². The second kappa shape index (κ2) is 5.92. The number of hydrogen-bond donors (Lipinski definition) is 2. The number of nitrogens with one attached hydrogen (secondary N) is 1. The van der Waals surface area contributed by atoms with Crippen LogP contribution in [0.15, 0.2) is 52.3 Å². The summed E-state index contributed by atoms with van der Waals surface area (Å²) >= 11 is 7.17. The highest BCUT2D eigenvalue weighted by molar-refractivity contribution is 7.99. The van der Waals surface area contributed by atoms with Crippen LogP contribution in [0.4, 0.5) is 11.4 Å². The van der Waals surface area contributed by atoms with Crippen LogP contribution in [0.3, 0.4) is 0 Å². The van der Waals surface area contributed by atoms with Gasteiger partial charge in [-0.2, -0.15) is 0 Å².